The smallest absolute Gasteiger partial charge is 0.271 e. The van der Waals surface area contributed by atoms with Crippen LogP contribution < -0.4 is 15.8 Å². The van der Waals surface area contributed by atoms with Gasteiger partial charge in [0, 0.05) is 48.5 Å². The minimum Gasteiger partial charge on any atom is -0.496 e. The Kier molecular flexibility index (Phi) is 8.07. The van der Waals surface area contributed by atoms with Gasteiger partial charge in [0.1, 0.15) is 29.4 Å². The van der Waals surface area contributed by atoms with E-state index in [1.54, 1.807) is 33.5 Å². The summed E-state index contributed by atoms with van der Waals surface area (Å²) in [6, 6.07) is 5.14. The maximum atomic E-state index is 13.5. The van der Waals surface area contributed by atoms with E-state index < -0.39 is 12.3 Å². The lowest BCUT2D eigenvalue weighted by atomic mass is 9.91. The average Bonchev–Trinajstić information content (AvgIpc) is 2.84. The Labute approximate surface area is 209 Å². The number of methoxy groups -OCH3 is 1. The van der Waals surface area contributed by atoms with Gasteiger partial charge in [-0.25, -0.2) is 18.7 Å². The number of aryl methyl sites for hydroxylation is 1. The number of nitrogens with one attached hydrogen (secondary N) is 1. The number of amides is 1. The summed E-state index contributed by atoms with van der Waals surface area (Å²) in [6.45, 7) is 7.25. The minimum absolute atomic E-state index is 0.0127. The van der Waals surface area contributed by atoms with Gasteiger partial charge in [0.05, 0.1) is 13.2 Å². The first-order chi connectivity index (χ1) is 17.0. The molecular formula is C26H32F2N6O2. The lowest BCUT2D eigenvalue weighted by Crippen LogP contribution is -2.22. The Morgan fingerprint density at radius 2 is 1.83 bits per heavy atom. The third-order valence-electron chi connectivity index (χ3n) is 6.28. The van der Waals surface area contributed by atoms with Crippen molar-refractivity contribution in [2.75, 3.05) is 32.3 Å². The SMILES string of the molecule is COc1c(C(C)Nc2ncnc(N)c2C(C)C(F)F)cc(C)c(C)c1-c1ccc(C(=O)N(C)C)nc1. The molecule has 2 aromatic heterocycles. The largest absolute Gasteiger partial charge is 0.496 e. The summed E-state index contributed by atoms with van der Waals surface area (Å²) in [5.41, 5.74) is 10.9. The third-order valence-corrected chi connectivity index (χ3v) is 6.28. The summed E-state index contributed by atoms with van der Waals surface area (Å²) < 4.78 is 32.9. The van der Waals surface area contributed by atoms with E-state index >= 15 is 0 Å². The standard InChI is InChI=1S/C26H32F2N6O2/c1-13-10-18(16(4)33-25-21(15(3)23(27)28)24(29)31-12-32-25)22(36-7)20(14(13)2)17-8-9-19(30-11-17)26(35)34(5)6/h8-12,15-16,23H,1-7H3,(H3,29,31,32,33). The van der Waals surface area contributed by atoms with E-state index in [1.807, 2.05) is 32.9 Å². The summed E-state index contributed by atoms with van der Waals surface area (Å²) in [5, 5.41) is 3.23. The molecule has 0 saturated heterocycles. The number of nitrogens with zero attached hydrogens (tertiary/aromatic N) is 4. The highest BCUT2D eigenvalue weighted by Gasteiger charge is 2.27. The van der Waals surface area contributed by atoms with Crippen molar-refractivity contribution in [1.82, 2.24) is 19.9 Å². The molecule has 192 valence electrons. The van der Waals surface area contributed by atoms with Crippen LogP contribution in [0.25, 0.3) is 11.1 Å². The van der Waals surface area contributed by atoms with Gasteiger partial charge in [0.25, 0.3) is 5.91 Å². The number of nitrogens with two attached hydrogens (primary N) is 1. The van der Waals surface area contributed by atoms with Crippen molar-refractivity contribution in [1.29, 1.82) is 0 Å². The molecule has 3 rings (SSSR count). The van der Waals surface area contributed by atoms with Crippen LogP contribution in [0, 0.1) is 13.8 Å². The van der Waals surface area contributed by atoms with Crippen molar-refractivity contribution in [2.45, 2.75) is 46.1 Å². The molecule has 2 unspecified atom stereocenters. The maximum Gasteiger partial charge on any atom is 0.271 e. The fourth-order valence-electron chi connectivity index (χ4n) is 4.09. The van der Waals surface area contributed by atoms with Crippen LogP contribution in [0.15, 0.2) is 30.7 Å². The van der Waals surface area contributed by atoms with Crippen LogP contribution in [-0.2, 0) is 0 Å². The number of benzene rings is 1. The van der Waals surface area contributed by atoms with Crippen molar-refractivity contribution in [2.24, 2.45) is 0 Å². The Bertz CT molecular complexity index is 1250. The molecule has 0 aliphatic heterocycles. The van der Waals surface area contributed by atoms with Crippen LogP contribution in [0.1, 0.15) is 58.5 Å². The first kappa shape index (κ1) is 26.8. The molecule has 8 nitrogen and oxygen atoms in total. The second kappa shape index (κ2) is 10.8. The number of rotatable bonds is 8. The molecule has 2 atom stereocenters. The summed E-state index contributed by atoms with van der Waals surface area (Å²) in [6.07, 6.45) is 0.278. The normalized spacial score (nSPS) is 12.8. The molecule has 3 N–H and O–H groups in total. The highest BCUT2D eigenvalue weighted by Crippen LogP contribution is 2.42. The van der Waals surface area contributed by atoms with Gasteiger partial charge < -0.3 is 20.7 Å². The van der Waals surface area contributed by atoms with Crippen molar-refractivity contribution >= 4 is 17.5 Å². The maximum absolute atomic E-state index is 13.5. The van der Waals surface area contributed by atoms with Crippen molar-refractivity contribution in [3.8, 4) is 16.9 Å². The van der Waals surface area contributed by atoms with Crippen molar-refractivity contribution < 1.29 is 18.3 Å². The highest BCUT2D eigenvalue weighted by atomic mass is 19.3. The predicted octanol–water partition coefficient (Wildman–Crippen LogP) is 4.99. The number of pyridine rings is 1. The van der Waals surface area contributed by atoms with Crippen LogP contribution >= 0.6 is 0 Å². The van der Waals surface area contributed by atoms with E-state index in [0.717, 1.165) is 27.8 Å². The molecule has 10 heteroatoms. The number of hydrogen-bond acceptors (Lipinski definition) is 7. The van der Waals surface area contributed by atoms with E-state index in [9.17, 15) is 13.6 Å². The average molecular weight is 499 g/mol. The molecule has 0 spiro atoms. The van der Waals surface area contributed by atoms with Crippen LogP contribution in [0.2, 0.25) is 0 Å². The first-order valence-electron chi connectivity index (χ1n) is 11.5. The van der Waals surface area contributed by atoms with Crippen LogP contribution in [-0.4, -0.2) is 53.4 Å². The van der Waals surface area contributed by atoms with E-state index in [2.05, 4.69) is 20.3 Å². The summed E-state index contributed by atoms with van der Waals surface area (Å²) in [7, 11) is 4.92. The van der Waals surface area contributed by atoms with Gasteiger partial charge in [-0.1, -0.05) is 19.1 Å². The number of anilines is 2. The molecule has 0 fully saturated rings. The fourth-order valence-corrected chi connectivity index (χ4v) is 4.09. The zero-order valence-corrected chi connectivity index (χ0v) is 21.6. The second-order valence-corrected chi connectivity index (χ2v) is 8.96. The van der Waals surface area contributed by atoms with Gasteiger partial charge in [-0.2, -0.15) is 0 Å². The Hall–Kier alpha value is -3.82. The van der Waals surface area contributed by atoms with Gasteiger partial charge in [0.15, 0.2) is 0 Å². The van der Waals surface area contributed by atoms with Gasteiger partial charge >= 0.3 is 0 Å². The molecule has 2 heterocycles. The molecule has 0 saturated carbocycles. The Morgan fingerprint density at radius 3 is 2.39 bits per heavy atom. The molecule has 0 aliphatic rings. The summed E-state index contributed by atoms with van der Waals surface area (Å²) in [5.74, 6) is -0.466. The van der Waals surface area contributed by atoms with E-state index in [0.29, 0.717) is 11.4 Å². The number of halogens is 2. The quantitative estimate of drug-likeness (QED) is 0.451. The molecule has 1 aromatic carbocycles. The number of aromatic nitrogens is 3. The monoisotopic (exact) mass is 498 g/mol. The van der Waals surface area contributed by atoms with Crippen LogP contribution in [0.4, 0.5) is 20.4 Å². The first-order valence-corrected chi connectivity index (χ1v) is 11.5. The van der Waals surface area contributed by atoms with E-state index in [-0.39, 0.29) is 29.1 Å². The summed E-state index contributed by atoms with van der Waals surface area (Å²) in [4.78, 5) is 26.2. The predicted molar refractivity (Wildman–Crippen MR) is 137 cm³/mol. The van der Waals surface area contributed by atoms with Gasteiger partial charge in [-0.05, 0) is 38.0 Å². The molecule has 0 radical (unpaired) electrons. The minimum atomic E-state index is -2.62. The van der Waals surface area contributed by atoms with Crippen LogP contribution in [0.3, 0.4) is 0 Å². The Morgan fingerprint density at radius 1 is 1.14 bits per heavy atom. The van der Waals surface area contributed by atoms with Crippen molar-refractivity contribution in [3.05, 3.63) is 58.7 Å². The van der Waals surface area contributed by atoms with E-state index in [4.69, 9.17) is 10.5 Å². The second-order valence-electron chi connectivity index (χ2n) is 8.96. The number of hydrogen-bond donors (Lipinski definition) is 2. The zero-order chi connectivity index (χ0) is 26.7. The fraction of sp³-hybridized carbons (Fsp3) is 0.385. The number of ether oxygens (including phenoxy) is 1. The third kappa shape index (κ3) is 5.22. The molecule has 0 aliphatic carbocycles. The summed E-state index contributed by atoms with van der Waals surface area (Å²) >= 11 is 0. The molecule has 1 amide bonds. The van der Waals surface area contributed by atoms with Gasteiger partial charge in [-0.15, -0.1) is 0 Å². The molecular weight excluding hydrogens is 466 g/mol. The number of nitrogen functional groups attached to an aromatic ring is 1. The van der Waals surface area contributed by atoms with Crippen molar-refractivity contribution in [3.63, 3.8) is 0 Å². The highest BCUT2D eigenvalue weighted by molar-refractivity contribution is 5.92. The topological polar surface area (TPSA) is 106 Å². The number of carbonyl (C=O) groups is 1. The van der Waals surface area contributed by atoms with Gasteiger partial charge in [0.2, 0.25) is 6.43 Å². The molecule has 0 bridgehead atoms. The van der Waals surface area contributed by atoms with Crippen LogP contribution in [0.5, 0.6) is 5.75 Å². The lowest BCUT2D eigenvalue weighted by molar-refractivity contribution is 0.0822. The zero-order valence-electron chi connectivity index (χ0n) is 21.6. The molecule has 3 aromatic rings. The Balaban J connectivity index is 2.08. The van der Waals surface area contributed by atoms with Gasteiger partial charge in [-0.3, -0.25) is 9.78 Å². The molecule has 36 heavy (non-hydrogen) atoms. The van der Waals surface area contributed by atoms with E-state index in [1.165, 1.54) is 18.2 Å². The number of carbonyl (C=O) groups excluding carboxylic acids is 1. The number of alkyl halides is 2. The lowest BCUT2D eigenvalue weighted by Gasteiger charge is -2.25.